The van der Waals surface area contributed by atoms with Crippen LogP contribution < -0.4 is 19.1 Å². The van der Waals surface area contributed by atoms with Gasteiger partial charge in [-0.2, -0.15) is 0 Å². The van der Waals surface area contributed by atoms with Crippen molar-refractivity contribution in [1.29, 1.82) is 0 Å². The molecule has 1 amide bonds. The van der Waals surface area contributed by atoms with Gasteiger partial charge in [-0.25, -0.2) is 16.8 Å². The van der Waals surface area contributed by atoms with E-state index in [0.717, 1.165) is 4.31 Å². The maximum absolute atomic E-state index is 13.6. The first-order valence-corrected chi connectivity index (χ1v) is 16.0. The van der Waals surface area contributed by atoms with Crippen molar-refractivity contribution >= 4 is 43.0 Å². The Morgan fingerprint density at radius 2 is 1.12 bits per heavy atom. The van der Waals surface area contributed by atoms with E-state index in [0.29, 0.717) is 22.9 Å². The van der Waals surface area contributed by atoms with Crippen LogP contribution in [0.1, 0.15) is 0 Å². The lowest BCUT2D eigenvalue weighted by Gasteiger charge is -2.24. The normalized spacial score (nSPS) is 11.3. The predicted octanol–water partition coefficient (Wildman–Crippen LogP) is 6.11. The van der Waals surface area contributed by atoms with E-state index in [4.69, 9.17) is 4.74 Å². The summed E-state index contributed by atoms with van der Waals surface area (Å²) < 4.78 is 62.1. The average Bonchev–Trinajstić information content (AvgIpc) is 3.02. The molecular weight excluding hydrogens is 587 g/mol. The number of carbonyl (C=O) groups excluding carboxylic acids is 1. The molecule has 0 heterocycles. The molecule has 0 radical (unpaired) electrons. The number of amides is 1. The molecule has 218 valence electrons. The molecule has 0 spiro atoms. The molecule has 0 saturated carbocycles. The number of rotatable bonds is 11. The number of hydrogen-bond acceptors (Lipinski definition) is 6. The fourth-order valence-electron chi connectivity index (χ4n) is 4.11. The molecule has 0 bridgehead atoms. The number of nitrogens with one attached hydrogen (secondary N) is 2. The summed E-state index contributed by atoms with van der Waals surface area (Å²) in [5.74, 6) is 0.494. The van der Waals surface area contributed by atoms with Crippen LogP contribution in [0, 0.1) is 0 Å². The van der Waals surface area contributed by atoms with E-state index < -0.39 is 32.5 Å². The van der Waals surface area contributed by atoms with Crippen LogP contribution in [0.4, 0.5) is 17.1 Å². The zero-order valence-corrected chi connectivity index (χ0v) is 24.3. The highest BCUT2D eigenvalue weighted by Gasteiger charge is 2.27. The summed E-state index contributed by atoms with van der Waals surface area (Å²) in [6.07, 6.45) is 0. The van der Waals surface area contributed by atoms with Crippen molar-refractivity contribution in [1.82, 2.24) is 0 Å². The number of hydrogen-bond donors (Lipinski definition) is 2. The molecule has 0 unspecified atom stereocenters. The first kappa shape index (κ1) is 29.4. The molecule has 11 heteroatoms. The Bertz CT molecular complexity index is 1890. The van der Waals surface area contributed by atoms with E-state index >= 15 is 0 Å². The molecule has 5 aromatic carbocycles. The van der Waals surface area contributed by atoms with Crippen molar-refractivity contribution in [2.45, 2.75) is 9.79 Å². The van der Waals surface area contributed by atoms with Crippen molar-refractivity contribution in [2.75, 3.05) is 20.9 Å². The maximum Gasteiger partial charge on any atom is 0.264 e. The van der Waals surface area contributed by atoms with Crippen LogP contribution in [0.3, 0.4) is 0 Å². The van der Waals surface area contributed by atoms with Gasteiger partial charge in [0.2, 0.25) is 5.91 Å². The summed E-state index contributed by atoms with van der Waals surface area (Å²) in [6.45, 7) is -0.536. The third-order valence-corrected chi connectivity index (χ3v) is 9.38. The molecule has 0 aliphatic heterocycles. The SMILES string of the molecule is O=C(CN(c1ccc(Oc2ccccc2)cc1)S(=O)(=O)c1ccccc1)Nc1ccc(S(=O)(=O)Nc2ccccc2)cc1. The zero-order chi connectivity index (χ0) is 30.3. The third-order valence-electron chi connectivity index (χ3n) is 6.20. The minimum absolute atomic E-state index is 0.000412. The number of carbonyl (C=O) groups is 1. The van der Waals surface area contributed by atoms with Gasteiger partial charge in [-0.1, -0.05) is 54.6 Å². The lowest BCUT2D eigenvalue weighted by Crippen LogP contribution is -2.38. The van der Waals surface area contributed by atoms with E-state index in [1.165, 1.54) is 36.4 Å². The molecule has 2 N–H and O–H groups in total. The molecule has 5 rings (SSSR count). The topological polar surface area (TPSA) is 122 Å². The lowest BCUT2D eigenvalue weighted by molar-refractivity contribution is -0.114. The van der Waals surface area contributed by atoms with Gasteiger partial charge in [0.15, 0.2) is 0 Å². The average molecular weight is 614 g/mol. The molecule has 5 aromatic rings. The smallest absolute Gasteiger partial charge is 0.264 e. The van der Waals surface area contributed by atoms with Crippen LogP contribution in [-0.4, -0.2) is 29.3 Å². The molecular formula is C32H27N3O6S2. The zero-order valence-electron chi connectivity index (χ0n) is 22.7. The van der Waals surface area contributed by atoms with Crippen LogP contribution in [0.15, 0.2) is 149 Å². The second-order valence-corrected chi connectivity index (χ2v) is 12.8. The summed E-state index contributed by atoms with van der Waals surface area (Å²) in [6, 6.07) is 37.3. The summed E-state index contributed by atoms with van der Waals surface area (Å²) in [7, 11) is -7.97. The van der Waals surface area contributed by atoms with E-state index in [2.05, 4.69) is 10.0 Å². The third kappa shape index (κ3) is 7.39. The van der Waals surface area contributed by atoms with E-state index in [9.17, 15) is 21.6 Å². The van der Waals surface area contributed by atoms with Crippen LogP contribution in [0.5, 0.6) is 11.5 Å². The fourth-order valence-corrected chi connectivity index (χ4v) is 6.61. The summed E-state index contributed by atoms with van der Waals surface area (Å²) >= 11 is 0. The second-order valence-electron chi connectivity index (χ2n) is 9.28. The highest BCUT2D eigenvalue weighted by atomic mass is 32.2. The fraction of sp³-hybridized carbons (Fsp3) is 0.0312. The molecule has 0 aliphatic carbocycles. The number of nitrogens with zero attached hydrogens (tertiary/aromatic N) is 1. The number of para-hydroxylation sites is 2. The standard InChI is InChI=1S/C32H27N3O6S2/c36-32(33-25-16-22-30(23-17-25)42(37,38)34-26-10-4-1-5-11-26)24-35(43(39,40)31-14-8-3-9-15-31)27-18-20-29(21-19-27)41-28-12-6-2-7-13-28/h1-23,34H,24H2,(H,33,36). The molecule has 0 aromatic heterocycles. The number of anilines is 3. The monoisotopic (exact) mass is 613 g/mol. The number of sulfonamides is 2. The summed E-state index contributed by atoms with van der Waals surface area (Å²) in [5.41, 5.74) is 0.972. The van der Waals surface area contributed by atoms with Gasteiger partial charge in [0.25, 0.3) is 20.0 Å². The van der Waals surface area contributed by atoms with Crippen LogP contribution in [-0.2, 0) is 24.8 Å². The van der Waals surface area contributed by atoms with Gasteiger partial charge in [-0.3, -0.25) is 13.8 Å². The molecule has 0 aliphatic rings. The minimum Gasteiger partial charge on any atom is -0.457 e. The summed E-state index contributed by atoms with van der Waals surface area (Å²) in [4.78, 5) is 13.2. The van der Waals surface area contributed by atoms with Crippen molar-refractivity contribution < 1.29 is 26.4 Å². The highest BCUT2D eigenvalue weighted by molar-refractivity contribution is 7.93. The Balaban J connectivity index is 1.34. The van der Waals surface area contributed by atoms with Crippen LogP contribution in [0.25, 0.3) is 0 Å². The second kappa shape index (κ2) is 12.8. The maximum atomic E-state index is 13.6. The van der Waals surface area contributed by atoms with Gasteiger partial charge in [0.05, 0.1) is 15.5 Å². The van der Waals surface area contributed by atoms with Gasteiger partial charge < -0.3 is 10.1 Å². The van der Waals surface area contributed by atoms with Crippen molar-refractivity contribution in [3.8, 4) is 11.5 Å². The van der Waals surface area contributed by atoms with Gasteiger partial charge in [-0.15, -0.1) is 0 Å². The molecule has 0 saturated heterocycles. The summed E-state index contributed by atoms with van der Waals surface area (Å²) in [5, 5.41) is 2.65. The van der Waals surface area contributed by atoms with Gasteiger partial charge in [0.1, 0.15) is 18.0 Å². The lowest BCUT2D eigenvalue weighted by atomic mass is 10.3. The molecule has 0 atom stereocenters. The minimum atomic E-state index is -4.12. The van der Waals surface area contributed by atoms with Crippen LogP contribution in [0.2, 0.25) is 0 Å². The van der Waals surface area contributed by atoms with Gasteiger partial charge in [-0.05, 0) is 84.9 Å². The quantitative estimate of drug-likeness (QED) is 0.185. The molecule has 0 fully saturated rings. The number of ether oxygens (including phenoxy) is 1. The van der Waals surface area contributed by atoms with E-state index in [1.807, 2.05) is 18.2 Å². The molecule has 9 nitrogen and oxygen atoms in total. The Labute approximate surface area is 250 Å². The van der Waals surface area contributed by atoms with Gasteiger partial charge >= 0.3 is 0 Å². The first-order chi connectivity index (χ1) is 20.7. The number of benzene rings is 5. The molecule has 43 heavy (non-hydrogen) atoms. The van der Waals surface area contributed by atoms with Crippen molar-refractivity contribution in [3.05, 3.63) is 140 Å². The largest absolute Gasteiger partial charge is 0.457 e. The predicted molar refractivity (Wildman–Crippen MR) is 166 cm³/mol. The van der Waals surface area contributed by atoms with E-state index in [-0.39, 0.29) is 15.5 Å². The van der Waals surface area contributed by atoms with Crippen molar-refractivity contribution in [2.24, 2.45) is 0 Å². The Hall–Kier alpha value is -5.13. The first-order valence-electron chi connectivity index (χ1n) is 13.1. The van der Waals surface area contributed by atoms with Crippen molar-refractivity contribution in [3.63, 3.8) is 0 Å². The Kier molecular flexibility index (Phi) is 8.74. The van der Waals surface area contributed by atoms with E-state index in [1.54, 1.807) is 84.9 Å². The Morgan fingerprint density at radius 3 is 1.72 bits per heavy atom. The van der Waals surface area contributed by atoms with Gasteiger partial charge in [0, 0.05) is 11.4 Å². The highest BCUT2D eigenvalue weighted by Crippen LogP contribution is 2.28. The van der Waals surface area contributed by atoms with Crippen LogP contribution >= 0.6 is 0 Å². The Morgan fingerprint density at radius 1 is 0.581 bits per heavy atom.